The van der Waals surface area contributed by atoms with Crippen molar-refractivity contribution in [1.82, 2.24) is 0 Å². The van der Waals surface area contributed by atoms with Crippen LogP contribution in [0.3, 0.4) is 0 Å². The quantitative estimate of drug-likeness (QED) is 0.564. The molecule has 13 heavy (non-hydrogen) atoms. The molecule has 0 saturated carbocycles. The van der Waals surface area contributed by atoms with Crippen LogP contribution in [0.1, 0.15) is 27.7 Å². The van der Waals surface area contributed by atoms with Crippen molar-refractivity contribution in [2.75, 3.05) is 0 Å². The van der Waals surface area contributed by atoms with Gasteiger partial charge in [-0.2, -0.15) is 0 Å². The molecule has 5 heteroatoms. The van der Waals surface area contributed by atoms with E-state index in [1.807, 2.05) is 27.7 Å². The molecule has 0 rings (SSSR count). The minimum Gasteiger partial charge on any atom is -0.0840 e. The molecule has 0 amide bonds. The van der Waals surface area contributed by atoms with Crippen LogP contribution in [0.15, 0.2) is 0 Å². The second kappa shape index (κ2) is 10.9. The fraction of sp³-hybridized carbons (Fsp3) is 0.500. The standard InChI is InChI=1S/2C4H6S2.Ni/c2*1-3(5)4(2)6;/h2*1-2H3;. The van der Waals surface area contributed by atoms with Gasteiger partial charge >= 0.3 is 0 Å². The number of hydrogen-bond acceptors (Lipinski definition) is 4. The Morgan fingerprint density at radius 3 is 0.615 bits per heavy atom. The first kappa shape index (κ1) is 19.4. The van der Waals surface area contributed by atoms with E-state index in [1.165, 1.54) is 0 Å². The molecule has 0 heterocycles. The number of rotatable bonds is 2. The van der Waals surface area contributed by atoms with Gasteiger partial charge in [-0.15, -0.1) is 0 Å². The second-order valence-corrected chi connectivity index (χ2v) is 4.67. The minimum absolute atomic E-state index is 0. The van der Waals surface area contributed by atoms with Gasteiger partial charge in [-0.1, -0.05) is 48.9 Å². The van der Waals surface area contributed by atoms with Gasteiger partial charge in [0.05, 0.1) is 0 Å². The van der Waals surface area contributed by atoms with Crippen molar-refractivity contribution in [2.24, 2.45) is 0 Å². The van der Waals surface area contributed by atoms with E-state index in [9.17, 15) is 0 Å². The zero-order valence-electron chi connectivity index (χ0n) is 7.95. The van der Waals surface area contributed by atoms with E-state index in [2.05, 4.69) is 48.9 Å². The van der Waals surface area contributed by atoms with Crippen LogP contribution in [0, 0.1) is 0 Å². The molecule has 0 bridgehead atoms. The van der Waals surface area contributed by atoms with Crippen LogP contribution in [-0.2, 0) is 16.5 Å². The van der Waals surface area contributed by atoms with E-state index in [0.717, 1.165) is 19.5 Å². The summed E-state index contributed by atoms with van der Waals surface area (Å²) in [5.74, 6) is 0. The summed E-state index contributed by atoms with van der Waals surface area (Å²) in [6, 6.07) is 0. The van der Waals surface area contributed by atoms with E-state index in [1.54, 1.807) is 0 Å². The summed E-state index contributed by atoms with van der Waals surface area (Å²) in [5, 5.41) is 0. The molecule has 0 unspecified atom stereocenters. The summed E-state index contributed by atoms with van der Waals surface area (Å²) in [7, 11) is 0. The molecule has 0 nitrogen and oxygen atoms in total. The van der Waals surface area contributed by atoms with Crippen molar-refractivity contribution >= 4 is 68.3 Å². The Hall–Kier alpha value is 0.854. The fourth-order valence-corrected chi connectivity index (χ4v) is 0. The third kappa shape index (κ3) is 19.3. The predicted molar refractivity (Wildman–Crippen MR) is 73.1 cm³/mol. The third-order valence-corrected chi connectivity index (χ3v) is 2.47. The molecule has 78 valence electrons. The van der Waals surface area contributed by atoms with E-state index in [0.29, 0.717) is 0 Å². The second-order valence-electron chi connectivity index (χ2n) is 2.22. The van der Waals surface area contributed by atoms with Crippen LogP contribution >= 0.6 is 48.9 Å². The zero-order valence-corrected chi connectivity index (χ0v) is 12.2. The average molecular weight is 295 g/mol. The normalized spacial score (nSPS) is 7.08. The van der Waals surface area contributed by atoms with Crippen LogP contribution in [0.4, 0.5) is 0 Å². The van der Waals surface area contributed by atoms with Crippen molar-refractivity contribution in [3.63, 3.8) is 0 Å². The van der Waals surface area contributed by atoms with Gasteiger partial charge in [-0.3, -0.25) is 0 Å². The van der Waals surface area contributed by atoms with E-state index >= 15 is 0 Å². The molecule has 0 aliphatic heterocycles. The first-order chi connectivity index (χ1) is 5.29. The third-order valence-electron chi connectivity index (χ3n) is 0.992. The molecule has 0 aromatic carbocycles. The largest absolute Gasteiger partial charge is 0.0840 e. The van der Waals surface area contributed by atoms with Crippen molar-refractivity contribution in [3.8, 4) is 0 Å². The van der Waals surface area contributed by atoms with Crippen LogP contribution in [-0.4, -0.2) is 19.5 Å². The average Bonchev–Trinajstić information content (AvgIpc) is 1.88. The summed E-state index contributed by atoms with van der Waals surface area (Å²) in [6.45, 7) is 7.32. The molecule has 0 radical (unpaired) electrons. The maximum absolute atomic E-state index is 4.68. The van der Waals surface area contributed by atoms with Gasteiger partial charge in [0.2, 0.25) is 0 Å². The summed E-state index contributed by atoms with van der Waals surface area (Å²) in [4.78, 5) is 3.30. The molecule has 0 N–H and O–H groups in total. The predicted octanol–water partition coefficient (Wildman–Crippen LogP) is 3.53. The summed E-state index contributed by atoms with van der Waals surface area (Å²) in [5.41, 5.74) is 0. The molecule has 0 aliphatic rings. The first-order valence-corrected chi connectivity index (χ1v) is 4.95. The monoisotopic (exact) mass is 294 g/mol. The van der Waals surface area contributed by atoms with Crippen LogP contribution in [0.25, 0.3) is 0 Å². The van der Waals surface area contributed by atoms with Gasteiger partial charge in [0.1, 0.15) is 0 Å². The Balaban J connectivity index is -0.000000143. The Kier molecular flexibility index (Phi) is 16.3. The molecule has 0 atom stereocenters. The maximum Gasteiger partial charge on any atom is 0.0257 e. The summed E-state index contributed by atoms with van der Waals surface area (Å²) < 4.78 is 0. The Labute approximate surface area is 112 Å². The first-order valence-electron chi connectivity index (χ1n) is 3.32. The van der Waals surface area contributed by atoms with Gasteiger partial charge in [-0.05, 0) is 27.7 Å². The maximum atomic E-state index is 4.68. The van der Waals surface area contributed by atoms with Gasteiger partial charge in [0.25, 0.3) is 0 Å². The number of thiocarbonyl (C=S) groups is 4. The minimum atomic E-state index is 0. The Morgan fingerprint density at radius 2 is 0.615 bits per heavy atom. The zero-order chi connectivity index (χ0) is 10.3. The number of hydrogen-bond donors (Lipinski definition) is 0. The molecule has 0 spiro atoms. The van der Waals surface area contributed by atoms with Crippen LogP contribution in [0.5, 0.6) is 0 Å². The fourth-order valence-electron chi connectivity index (χ4n) is 0. The Morgan fingerprint density at radius 1 is 0.538 bits per heavy atom. The van der Waals surface area contributed by atoms with Crippen molar-refractivity contribution < 1.29 is 16.5 Å². The molecular weight excluding hydrogens is 283 g/mol. The topological polar surface area (TPSA) is 0 Å². The molecular formula is C8H12NiS4. The molecule has 0 fully saturated rings. The van der Waals surface area contributed by atoms with Gasteiger partial charge in [0.15, 0.2) is 0 Å². The van der Waals surface area contributed by atoms with Crippen LogP contribution < -0.4 is 0 Å². The van der Waals surface area contributed by atoms with Gasteiger partial charge in [0, 0.05) is 35.9 Å². The summed E-state index contributed by atoms with van der Waals surface area (Å²) in [6.07, 6.45) is 0. The van der Waals surface area contributed by atoms with E-state index in [-0.39, 0.29) is 16.5 Å². The van der Waals surface area contributed by atoms with Crippen molar-refractivity contribution in [1.29, 1.82) is 0 Å². The Bertz CT molecular complexity index is 172. The smallest absolute Gasteiger partial charge is 0.0257 e. The molecule has 0 aliphatic carbocycles. The van der Waals surface area contributed by atoms with Crippen LogP contribution in [0.2, 0.25) is 0 Å². The molecule has 0 aromatic heterocycles. The SMILES string of the molecule is CC(=S)C(C)=S.CC(=S)C(C)=S.[Ni]. The van der Waals surface area contributed by atoms with Gasteiger partial charge < -0.3 is 0 Å². The summed E-state index contributed by atoms with van der Waals surface area (Å²) >= 11 is 18.7. The van der Waals surface area contributed by atoms with Crippen molar-refractivity contribution in [3.05, 3.63) is 0 Å². The molecule has 0 saturated heterocycles. The van der Waals surface area contributed by atoms with E-state index < -0.39 is 0 Å². The molecule has 0 aromatic rings. The van der Waals surface area contributed by atoms with Gasteiger partial charge in [-0.25, -0.2) is 0 Å². The van der Waals surface area contributed by atoms with E-state index in [4.69, 9.17) is 0 Å². The van der Waals surface area contributed by atoms with Crippen molar-refractivity contribution in [2.45, 2.75) is 27.7 Å².